The SMILES string of the molecule is CCc1noc(CC)c1CNC(=NC)NCCOc1ccc(OC)cc1.I. The summed E-state index contributed by atoms with van der Waals surface area (Å²) in [5.74, 6) is 3.26. The minimum Gasteiger partial charge on any atom is -0.497 e. The Balaban J connectivity index is 0.00000364. The van der Waals surface area contributed by atoms with Crippen LogP contribution in [0.5, 0.6) is 11.5 Å². The van der Waals surface area contributed by atoms with Crippen molar-refractivity contribution in [3.63, 3.8) is 0 Å². The summed E-state index contributed by atoms with van der Waals surface area (Å²) < 4.78 is 16.2. The molecule has 0 saturated heterocycles. The van der Waals surface area contributed by atoms with Crippen molar-refractivity contribution < 1.29 is 14.0 Å². The van der Waals surface area contributed by atoms with E-state index >= 15 is 0 Å². The number of aromatic nitrogens is 1. The lowest BCUT2D eigenvalue weighted by Gasteiger charge is -2.13. The molecule has 150 valence electrons. The van der Waals surface area contributed by atoms with E-state index in [1.54, 1.807) is 14.2 Å². The van der Waals surface area contributed by atoms with Crippen LogP contribution in [0.15, 0.2) is 33.8 Å². The molecule has 2 N–H and O–H groups in total. The van der Waals surface area contributed by atoms with Crippen molar-refractivity contribution in [1.82, 2.24) is 15.8 Å². The molecule has 1 aromatic heterocycles. The van der Waals surface area contributed by atoms with Crippen molar-refractivity contribution in [3.05, 3.63) is 41.3 Å². The van der Waals surface area contributed by atoms with Crippen molar-refractivity contribution in [3.8, 4) is 11.5 Å². The van der Waals surface area contributed by atoms with Crippen LogP contribution < -0.4 is 20.1 Å². The first kappa shape index (κ1) is 23.1. The van der Waals surface area contributed by atoms with Gasteiger partial charge >= 0.3 is 0 Å². The van der Waals surface area contributed by atoms with Gasteiger partial charge in [-0.2, -0.15) is 0 Å². The van der Waals surface area contributed by atoms with E-state index in [0.29, 0.717) is 25.7 Å². The van der Waals surface area contributed by atoms with E-state index in [0.717, 1.165) is 41.4 Å². The summed E-state index contributed by atoms with van der Waals surface area (Å²) in [4.78, 5) is 4.24. The zero-order chi connectivity index (χ0) is 18.8. The molecular weight excluding hydrogens is 459 g/mol. The molecule has 0 aliphatic carbocycles. The number of hydrogen-bond acceptors (Lipinski definition) is 5. The van der Waals surface area contributed by atoms with E-state index in [1.807, 2.05) is 24.3 Å². The van der Waals surface area contributed by atoms with Gasteiger partial charge in [0.2, 0.25) is 0 Å². The number of nitrogens with zero attached hydrogens (tertiary/aromatic N) is 2. The molecule has 2 rings (SSSR count). The number of guanidine groups is 1. The summed E-state index contributed by atoms with van der Waals surface area (Å²) in [6.45, 7) is 5.93. The molecule has 0 fully saturated rings. The summed E-state index contributed by atoms with van der Waals surface area (Å²) in [6, 6.07) is 7.52. The van der Waals surface area contributed by atoms with Crippen LogP contribution in [0.2, 0.25) is 0 Å². The van der Waals surface area contributed by atoms with Gasteiger partial charge in [0.25, 0.3) is 0 Å². The minimum atomic E-state index is 0. The molecule has 0 bridgehead atoms. The molecule has 0 unspecified atom stereocenters. The van der Waals surface area contributed by atoms with Crippen molar-refractivity contribution >= 4 is 29.9 Å². The number of methoxy groups -OCH3 is 1. The molecule has 27 heavy (non-hydrogen) atoms. The average Bonchev–Trinajstić information content (AvgIpc) is 3.09. The Morgan fingerprint density at radius 1 is 1.11 bits per heavy atom. The average molecular weight is 488 g/mol. The van der Waals surface area contributed by atoms with Crippen LogP contribution in [0.3, 0.4) is 0 Å². The van der Waals surface area contributed by atoms with Crippen LogP contribution in [0.4, 0.5) is 0 Å². The highest BCUT2D eigenvalue weighted by Gasteiger charge is 2.13. The van der Waals surface area contributed by atoms with E-state index in [-0.39, 0.29) is 24.0 Å². The standard InChI is InChI=1S/C19H28N4O3.HI/c1-5-17-16(18(6-2)26-23-17)13-22-19(20-3)21-11-12-25-15-9-7-14(24-4)8-10-15;/h7-10H,5-6,11-13H2,1-4H3,(H2,20,21,22);1H. The Bertz CT molecular complexity index is 680. The molecule has 0 atom stereocenters. The van der Waals surface area contributed by atoms with E-state index in [4.69, 9.17) is 14.0 Å². The molecule has 1 heterocycles. The second-order valence-electron chi connectivity index (χ2n) is 5.61. The first-order valence-corrected chi connectivity index (χ1v) is 8.89. The minimum absolute atomic E-state index is 0. The molecule has 0 saturated carbocycles. The molecule has 0 radical (unpaired) electrons. The van der Waals surface area contributed by atoms with Crippen molar-refractivity contribution in [2.75, 3.05) is 27.3 Å². The van der Waals surface area contributed by atoms with Crippen LogP contribution in [-0.2, 0) is 19.4 Å². The van der Waals surface area contributed by atoms with Gasteiger partial charge in [-0.25, -0.2) is 0 Å². The lowest BCUT2D eigenvalue weighted by atomic mass is 10.1. The predicted octanol–water partition coefficient (Wildman–Crippen LogP) is 3.17. The van der Waals surface area contributed by atoms with Gasteiger partial charge in [0.15, 0.2) is 5.96 Å². The van der Waals surface area contributed by atoms with Gasteiger partial charge in [-0.05, 0) is 30.7 Å². The van der Waals surface area contributed by atoms with Crippen LogP contribution in [0, 0.1) is 0 Å². The lowest BCUT2D eigenvalue weighted by molar-refractivity contribution is 0.321. The number of nitrogens with one attached hydrogen (secondary N) is 2. The quantitative estimate of drug-likeness (QED) is 0.244. The Morgan fingerprint density at radius 3 is 2.41 bits per heavy atom. The smallest absolute Gasteiger partial charge is 0.191 e. The van der Waals surface area contributed by atoms with Gasteiger partial charge in [-0.3, -0.25) is 4.99 Å². The first-order chi connectivity index (χ1) is 12.7. The van der Waals surface area contributed by atoms with E-state index in [2.05, 4.69) is 34.6 Å². The van der Waals surface area contributed by atoms with Crippen LogP contribution in [-0.4, -0.2) is 38.4 Å². The maximum Gasteiger partial charge on any atom is 0.191 e. The van der Waals surface area contributed by atoms with Gasteiger partial charge in [0, 0.05) is 25.6 Å². The molecule has 0 amide bonds. The number of hydrogen-bond donors (Lipinski definition) is 2. The maximum absolute atomic E-state index is 5.70. The Morgan fingerprint density at radius 2 is 1.81 bits per heavy atom. The van der Waals surface area contributed by atoms with E-state index in [1.165, 1.54) is 0 Å². The molecule has 8 heteroatoms. The van der Waals surface area contributed by atoms with Gasteiger partial charge in [-0.15, -0.1) is 24.0 Å². The third-order valence-electron chi connectivity index (χ3n) is 3.99. The monoisotopic (exact) mass is 488 g/mol. The second kappa shape index (κ2) is 12.4. The number of benzene rings is 1. The zero-order valence-corrected chi connectivity index (χ0v) is 18.7. The fraction of sp³-hybridized carbons (Fsp3) is 0.474. The summed E-state index contributed by atoms with van der Waals surface area (Å²) >= 11 is 0. The van der Waals surface area contributed by atoms with Crippen molar-refractivity contribution in [1.29, 1.82) is 0 Å². The Labute approximate surface area is 177 Å². The fourth-order valence-electron chi connectivity index (χ4n) is 2.54. The number of aryl methyl sites for hydroxylation is 2. The van der Waals surface area contributed by atoms with Crippen LogP contribution >= 0.6 is 24.0 Å². The number of halogens is 1. The van der Waals surface area contributed by atoms with Crippen molar-refractivity contribution in [2.24, 2.45) is 4.99 Å². The van der Waals surface area contributed by atoms with E-state index < -0.39 is 0 Å². The summed E-state index contributed by atoms with van der Waals surface area (Å²) in [5.41, 5.74) is 2.11. The summed E-state index contributed by atoms with van der Waals surface area (Å²) in [7, 11) is 3.39. The Hall–Kier alpha value is -1.97. The number of aliphatic imine (C=N–C) groups is 1. The van der Waals surface area contributed by atoms with Gasteiger partial charge in [0.1, 0.15) is 23.9 Å². The highest BCUT2D eigenvalue weighted by molar-refractivity contribution is 14.0. The first-order valence-electron chi connectivity index (χ1n) is 8.89. The third-order valence-corrected chi connectivity index (χ3v) is 3.99. The lowest BCUT2D eigenvalue weighted by Crippen LogP contribution is -2.39. The largest absolute Gasteiger partial charge is 0.497 e. The molecule has 1 aromatic carbocycles. The highest BCUT2D eigenvalue weighted by Crippen LogP contribution is 2.17. The van der Waals surface area contributed by atoms with Crippen molar-refractivity contribution in [2.45, 2.75) is 33.2 Å². The normalized spacial score (nSPS) is 10.9. The summed E-state index contributed by atoms with van der Waals surface area (Å²) in [6.07, 6.45) is 1.67. The van der Waals surface area contributed by atoms with Gasteiger partial charge < -0.3 is 24.6 Å². The summed E-state index contributed by atoms with van der Waals surface area (Å²) in [5, 5.41) is 10.7. The highest BCUT2D eigenvalue weighted by atomic mass is 127. The maximum atomic E-state index is 5.70. The number of ether oxygens (including phenoxy) is 2. The Kier molecular flexibility index (Phi) is 10.6. The molecule has 0 aliphatic rings. The van der Waals surface area contributed by atoms with E-state index in [9.17, 15) is 0 Å². The van der Waals surface area contributed by atoms with Gasteiger partial charge in [0.05, 0.1) is 19.3 Å². The molecule has 2 aromatic rings. The molecule has 7 nitrogen and oxygen atoms in total. The van der Waals surface area contributed by atoms with Crippen LogP contribution in [0.1, 0.15) is 30.9 Å². The number of rotatable bonds is 9. The fourth-order valence-corrected chi connectivity index (χ4v) is 2.54. The molecule has 0 spiro atoms. The molecular formula is C19H29IN4O3. The topological polar surface area (TPSA) is 80.9 Å². The zero-order valence-electron chi connectivity index (χ0n) is 16.4. The predicted molar refractivity (Wildman–Crippen MR) is 117 cm³/mol. The third kappa shape index (κ3) is 6.93. The van der Waals surface area contributed by atoms with Crippen LogP contribution in [0.25, 0.3) is 0 Å². The molecule has 0 aliphatic heterocycles. The second-order valence-corrected chi connectivity index (χ2v) is 5.61. The van der Waals surface area contributed by atoms with Gasteiger partial charge in [-0.1, -0.05) is 19.0 Å².